The van der Waals surface area contributed by atoms with Crippen molar-refractivity contribution in [2.24, 2.45) is 0 Å². The number of ether oxygens (including phenoxy) is 1. The number of carbonyl (C=O) groups excluding carboxylic acids is 1. The van der Waals surface area contributed by atoms with Crippen molar-refractivity contribution in [1.82, 2.24) is 20.2 Å². The van der Waals surface area contributed by atoms with Crippen LogP contribution in [0, 0.1) is 0 Å². The van der Waals surface area contributed by atoms with E-state index in [4.69, 9.17) is 4.74 Å². The van der Waals surface area contributed by atoms with Crippen LogP contribution in [0.1, 0.15) is 38.3 Å². The molecule has 154 valence electrons. The van der Waals surface area contributed by atoms with E-state index in [1.165, 1.54) is 0 Å². The monoisotopic (exact) mass is 404 g/mol. The number of amides is 1. The minimum Gasteiger partial charge on any atom is -0.494 e. The van der Waals surface area contributed by atoms with Gasteiger partial charge in [-0.2, -0.15) is 4.68 Å². The lowest BCUT2D eigenvalue weighted by Crippen LogP contribution is -2.31. The number of allylic oxidation sites excluding steroid dienone is 1. The van der Waals surface area contributed by atoms with Crippen molar-refractivity contribution in [2.75, 3.05) is 17.2 Å². The summed E-state index contributed by atoms with van der Waals surface area (Å²) in [7, 11) is 0. The molecule has 0 fully saturated rings. The second kappa shape index (κ2) is 8.77. The lowest BCUT2D eigenvalue weighted by atomic mass is 9.95. The predicted molar refractivity (Wildman–Crippen MR) is 114 cm³/mol. The Bertz CT molecular complexity index is 1060. The number of nitrogens with zero attached hydrogens (tertiary/aromatic N) is 4. The highest BCUT2D eigenvalue weighted by molar-refractivity contribution is 6.06. The standard InChI is InChI=1S/C22H24N6O2/c1-3-4-13-30-18-12-8-9-16(14-18)20-19(15(2)23-22-25-26-27-28(20)22)21(29)24-17-10-6-5-7-11-17/h5-12,14,20H,3-4,13H2,1-2H3,(H,24,29)(H,23,25,27). The number of nitrogens with one attached hydrogen (secondary N) is 2. The van der Waals surface area contributed by atoms with Gasteiger partial charge in [-0.25, -0.2) is 0 Å². The third-order valence-corrected chi connectivity index (χ3v) is 4.93. The fraction of sp³-hybridized carbons (Fsp3) is 0.273. The van der Waals surface area contributed by atoms with Crippen LogP contribution in [0.3, 0.4) is 0 Å². The van der Waals surface area contributed by atoms with Gasteiger partial charge < -0.3 is 15.4 Å². The highest BCUT2D eigenvalue weighted by Gasteiger charge is 2.34. The first-order valence-corrected chi connectivity index (χ1v) is 10.0. The van der Waals surface area contributed by atoms with Gasteiger partial charge >= 0.3 is 0 Å². The molecule has 0 spiro atoms. The zero-order valence-electron chi connectivity index (χ0n) is 17.0. The largest absolute Gasteiger partial charge is 0.494 e. The van der Waals surface area contributed by atoms with E-state index in [9.17, 15) is 4.79 Å². The SMILES string of the molecule is CCCCOc1cccc(C2C(C(=O)Nc3ccccc3)=C(C)Nc3nnnn32)c1. The zero-order valence-corrected chi connectivity index (χ0v) is 17.0. The van der Waals surface area contributed by atoms with E-state index in [0.717, 1.165) is 29.8 Å². The summed E-state index contributed by atoms with van der Waals surface area (Å²) in [4.78, 5) is 13.3. The molecule has 2 aromatic carbocycles. The lowest BCUT2D eigenvalue weighted by molar-refractivity contribution is -0.113. The molecule has 8 nitrogen and oxygen atoms in total. The normalized spacial score (nSPS) is 15.3. The van der Waals surface area contributed by atoms with Crippen molar-refractivity contribution in [2.45, 2.75) is 32.7 Å². The van der Waals surface area contributed by atoms with E-state index in [2.05, 4.69) is 33.1 Å². The Morgan fingerprint density at radius 3 is 2.83 bits per heavy atom. The van der Waals surface area contributed by atoms with Gasteiger partial charge in [-0.1, -0.05) is 48.8 Å². The van der Waals surface area contributed by atoms with Crippen LogP contribution in [0.4, 0.5) is 11.6 Å². The third-order valence-electron chi connectivity index (χ3n) is 4.93. The van der Waals surface area contributed by atoms with Gasteiger partial charge in [0.15, 0.2) is 0 Å². The quantitative estimate of drug-likeness (QED) is 0.582. The molecule has 1 unspecified atom stereocenters. The average Bonchev–Trinajstić information content (AvgIpc) is 3.22. The number of benzene rings is 2. The molecule has 30 heavy (non-hydrogen) atoms. The molecular formula is C22H24N6O2. The highest BCUT2D eigenvalue weighted by Crippen LogP contribution is 2.36. The van der Waals surface area contributed by atoms with Crippen molar-refractivity contribution in [1.29, 1.82) is 0 Å². The number of tetrazole rings is 1. The Labute approximate surface area is 174 Å². The number of rotatable bonds is 7. The van der Waals surface area contributed by atoms with Crippen molar-refractivity contribution in [3.8, 4) is 5.75 Å². The van der Waals surface area contributed by atoms with Crippen LogP contribution in [-0.2, 0) is 4.79 Å². The Morgan fingerprint density at radius 1 is 1.20 bits per heavy atom. The zero-order chi connectivity index (χ0) is 20.9. The first kappa shape index (κ1) is 19.6. The maximum atomic E-state index is 13.3. The molecule has 0 bridgehead atoms. The van der Waals surface area contributed by atoms with Gasteiger partial charge in [-0.05, 0) is 53.6 Å². The van der Waals surface area contributed by atoms with Crippen LogP contribution in [0.2, 0.25) is 0 Å². The van der Waals surface area contributed by atoms with Crippen molar-refractivity contribution < 1.29 is 9.53 Å². The number of para-hydroxylation sites is 1. The van der Waals surface area contributed by atoms with E-state index in [-0.39, 0.29) is 5.91 Å². The lowest BCUT2D eigenvalue weighted by Gasteiger charge is -2.28. The summed E-state index contributed by atoms with van der Waals surface area (Å²) in [5, 5.41) is 18.1. The molecule has 8 heteroatoms. The molecule has 1 aromatic heterocycles. The first-order chi connectivity index (χ1) is 14.7. The van der Waals surface area contributed by atoms with Gasteiger partial charge in [0.1, 0.15) is 11.8 Å². The van der Waals surface area contributed by atoms with Crippen LogP contribution < -0.4 is 15.4 Å². The number of carbonyl (C=O) groups is 1. The second-order valence-electron chi connectivity index (χ2n) is 7.11. The van der Waals surface area contributed by atoms with Gasteiger partial charge in [0, 0.05) is 11.4 Å². The van der Waals surface area contributed by atoms with Gasteiger partial charge in [0.2, 0.25) is 5.95 Å². The van der Waals surface area contributed by atoms with Crippen molar-refractivity contribution in [3.63, 3.8) is 0 Å². The number of aromatic nitrogens is 4. The molecule has 0 radical (unpaired) electrons. The second-order valence-corrected chi connectivity index (χ2v) is 7.11. The summed E-state index contributed by atoms with van der Waals surface area (Å²) in [6.07, 6.45) is 2.05. The van der Waals surface area contributed by atoms with Gasteiger partial charge in [-0.15, -0.1) is 0 Å². The molecule has 2 heterocycles. The fourth-order valence-electron chi connectivity index (χ4n) is 3.44. The molecule has 4 rings (SSSR count). The maximum absolute atomic E-state index is 13.3. The molecule has 0 saturated heterocycles. The van der Waals surface area contributed by atoms with Gasteiger partial charge in [-0.3, -0.25) is 4.79 Å². The van der Waals surface area contributed by atoms with Crippen LogP contribution >= 0.6 is 0 Å². The summed E-state index contributed by atoms with van der Waals surface area (Å²) in [5.41, 5.74) is 2.84. The highest BCUT2D eigenvalue weighted by atomic mass is 16.5. The number of hydrogen-bond donors (Lipinski definition) is 2. The van der Waals surface area contributed by atoms with E-state index in [1.807, 2.05) is 61.5 Å². The molecule has 1 aliphatic rings. The minimum absolute atomic E-state index is 0.213. The average molecular weight is 404 g/mol. The van der Waals surface area contributed by atoms with Crippen molar-refractivity contribution in [3.05, 3.63) is 71.4 Å². The minimum atomic E-state index is -0.477. The Hall–Kier alpha value is -3.68. The van der Waals surface area contributed by atoms with Crippen LogP contribution in [0.5, 0.6) is 5.75 Å². The van der Waals surface area contributed by atoms with E-state index in [1.54, 1.807) is 4.68 Å². The van der Waals surface area contributed by atoms with Gasteiger partial charge in [0.25, 0.3) is 5.91 Å². The molecule has 1 amide bonds. The summed E-state index contributed by atoms with van der Waals surface area (Å²) < 4.78 is 7.50. The Kier molecular flexibility index (Phi) is 5.74. The topological polar surface area (TPSA) is 94.0 Å². The molecule has 2 N–H and O–H groups in total. The number of unbranched alkanes of at least 4 members (excludes halogenated alkanes) is 1. The molecular weight excluding hydrogens is 380 g/mol. The third kappa shape index (κ3) is 4.03. The first-order valence-electron chi connectivity index (χ1n) is 10.0. The van der Waals surface area contributed by atoms with Gasteiger partial charge in [0.05, 0.1) is 12.2 Å². The van der Waals surface area contributed by atoms with Crippen LogP contribution in [0.15, 0.2) is 65.9 Å². The maximum Gasteiger partial charge on any atom is 0.255 e. The molecule has 1 aliphatic heterocycles. The predicted octanol–water partition coefficient (Wildman–Crippen LogP) is 3.78. The Balaban J connectivity index is 1.70. The molecule has 3 aromatic rings. The van der Waals surface area contributed by atoms with Crippen LogP contribution in [-0.4, -0.2) is 32.7 Å². The van der Waals surface area contributed by atoms with E-state index >= 15 is 0 Å². The number of anilines is 2. The molecule has 1 atom stereocenters. The Morgan fingerprint density at radius 2 is 2.03 bits per heavy atom. The summed E-state index contributed by atoms with van der Waals surface area (Å²) >= 11 is 0. The van der Waals surface area contributed by atoms with Crippen LogP contribution in [0.25, 0.3) is 0 Å². The van der Waals surface area contributed by atoms with Crippen molar-refractivity contribution >= 4 is 17.5 Å². The van der Waals surface area contributed by atoms with E-state index in [0.29, 0.717) is 23.8 Å². The summed E-state index contributed by atoms with van der Waals surface area (Å²) in [6, 6.07) is 16.6. The number of hydrogen-bond acceptors (Lipinski definition) is 6. The smallest absolute Gasteiger partial charge is 0.255 e. The summed E-state index contributed by atoms with van der Waals surface area (Å²) in [6.45, 7) is 4.63. The molecule has 0 aliphatic carbocycles. The fourth-order valence-corrected chi connectivity index (χ4v) is 3.44. The summed E-state index contributed by atoms with van der Waals surface area (Å²) in [5.74, 6) is 1.04. The number of fused-ring (bicyclic) bond motifs is 1. The molecule has 0 saturated carbocycles. The van der Waals surface area contributed by atoms with E-state index < -0.39 is 6.04 Å².